The molecule has 29 heavy (non-hydrogen) atoms. The van der Waals surface area contributed by atoms with E-state index in [2.05, 4.69) is 15.0 Å². The molecule has 0 bridgehead atoms. The molecule has 0 atom stereocenters. The fourth-order valence-corrected chi connectivity index (χ4v) is 3.44. The highest BCUT2D eigenvalue weighted by Gasteiger charge is 2.12. The number of hydrogen-bond acceptors (Lipinski definition) is 4. The molecule has 2 heterocycles. The van der Waals surface area contributed by atoms with Gasteiger partial charge in [0.05, 0.1) is 21.5 Å². The maximum absolute atomic E-state index is 12.6. The first kappa shape index (κ1) is 16.9. The summed E-state index contributed by atoms with van der Waals surface area (Å²) in [5.74, 6) is 0.495. The van der Waals surface area contributed by atoms with Crippen molar-refractivity contribution >= 4 is 27.6 Å². The third-order valence-corrected chi connectivity index (χ3v) is 4.88. The quantitative estimate of drug-likeness (QED) is 0.350. The Morgan fingerprint density at radius 1 is 0.828 bits per heavy atom. The Balaban J connectivity index is 1.66. The minimum Gasteiger partial charge on any atom is -0.338 e. The van der Waals surface area contributed by atoms with E-state index in [0.717, 1.165) is 27.5 Å². The van der Waals surface area contributed by atoms with Crippen LogP contribution in [0.25, 0.3) is 44.5 Å². The number of para-hydroxylation sites is 2. The van der Waals surface area contributed by atoms with Crippen molar-refractivity contribution in [3.8, 4) is 22.5 Å². The first-order chi connectivity index (χ1) is 14.1. The van der Waals surface area contributed by atoms with Crippen LogP contribution < -0.4 is 5.56 Å². The minimum atomic E-state index is -0.415. The molecule has 7 nitrogen and oxygen atoms in total. The number of nitrogens with zero attached hydrogens (tertiary/aromatic N) is 2. The number of nitro benzene ring substituents is 1. The molecule has 0 aliphatic carbocycles. The van der Waals surface area contributed by atoms with Gasteiger partial charge in [-0.1, -0.05) is 30.3 Å². The van der Waals surface area contributed by atoms with E-state index in [0.29, 0.717) is 16.9 Å². The minimum absolute atomic E-state index is 0.0343. The zero-order chi connectivity index (χ0) is 20.0. The van der Waals surface area contributed by atoms with Gasteiger partial charge in [0.2, 0.25) is 0 Å². The van der Waals surface area contributed by atoms with Crippen molar-refractivity contribution in [3.05, 3.63) is 93.3 Å². The molecular weight excluding hydrogens is 368 g/mol. The van der Waals surface area contributed by atoms with Gasteiger partial charge in [0, 0.05) is 17.6 Å². The summed E-state index contributed by atoms with van der Waals surface area (Å²) in [5, 5.41) is 11.9. The molecular formula is C22H14N4O3. The third kappa shape index (κ3) is 2.94. The number of hydrogen-bond donors (Lipinski definition) is 2. The maximum Gasteiger partial charge on any atom is 0.270 e. The van der Waals surface area contributed by atoms with E-state index < -0.39 is 4.92 Å². The molecule has 0 aliphatic rings. The van der Waals surface area contributed by atoms with Gasteiger partial charge in [0.25, 0.3) is 11.2 Å². The highest BCUT2D eigenvalue weighted by Crippen LogP contribution is 2.28. The van der Waals surface area contributed by atoms with Crippen LogP contribution >= 0.6 is 0 Å². The van der Waals surface area contributed by atoms with Crippen molar-refractivity contribution in [2.45, 2.75) is 0 Å². The van der Waals surface area contributed by atoms with Crippen LogP contribution in [0.15, 0.2) is 77.6 Å². The highest BCUT2D eigenvalue weighted by atomic mass is 16.6. The Bertz CT molecular complexity index is 1430. The van der Waals surface area contributed by atoms with Gasteiger partial charge in [-0.15, -0.1) is 0 Å². The van der Waals surface area contributed by atoms with Crippen LogP contribution in [0.5, 0.6) is 0 Å². The highest BCUT2D eigenvalue weighted by molar-refractivity contribution is 5.88. The van der Waals surface area contributed by atoms with E-state index in [1.54, 1.807) is 18.2 Å². The summed E-state index contributed by atoms with van der Waals surface area (Å²) in [6, 6.07) is 21.4. The standard InChI is InChI=1S/C22H14N4O3/c27-22-17(21-23-19-6-1-2-7-20(19)24-21)12-15-10-14(8-9-18(15)25-22)13-4-3-5-16(11-13)26(28)29/h1-12H,(H,23,24)(H,25,27). The van der Waals surface area contributed by atoms with Crippen molar-refractivity contribution in [3.63, 3.8) is 0 Å². The molecule has 0 spiro atoms. The van der Waals surface area contributed by atoms with Crippen LogP contribution in [0.1, 0.15) is 0 Å². The van der Waals surface area contributed by atoms with Gasteiger partial charge in [0.15, 0.2) is 0 Å². The van der Waals surface area contributed by atoms with E-state index in [-0.39, 0.29) is 11.2 Å². The first-order valence-corrected chi connectivity index (χ1v) is 8.95. The van der Waals surface area contributed by atoms with Crippen molar-refractivity contribution in [2.75, 3.05) is 0 Å². The number of nitrogens with one attached hydrogen (secondary N) is 2. The number of rotatable bonds is 3. The van der Waals surface area contributed by atoms with Crippen LogP contribution in [0, 0.1) is 10.1 Å². The maximum atomic E-state index is 12.6. The summed E-state index contributed by atoms with van der Waals surface area (Å²) in [5.41, 5.74) is 4.11. The zero-order valence-electron chi connectivity index (χ0n) is 15.0. The van der Waals surface area contributed by atoms with Crippen molar-refractivity contribution < 1.29 is 4.92 Å². The molecule has 0 fully saturated rings. The summed E-state index contributed by atoms with van der Waals surface area (Å²) in [7, 11) is 0. The lowest BCUT2D eigenvalue weighted by atomic mass is 10.0. The molecule has 140 valence electrons. The molecule has 2 aromatic heterocycles. The average molecular weight is 382 g/mol. The van der Waals surface area contributed by atoms with Crippen LogP contribution in [0.3, 0.4) is 0 Å². The summed E-state index contributed by atoms with van der Waals surface area (Å²) >= 11 is 0. The Morgan fingerprint density at radius 2 is 1.66 bits per heavy atom. The third-order valence-electron chi connectivity index (χ3n) is 4.88. The lowest BCUT2D eigenvalue weighted by molar-refractivity contribution is -0.384. The molecule has 0 amide bonds. The lowest BCUT2D eigenvalue weighted by Gasteiger charge is -2.06. The van der Waals surface area contributed by atoms with Crippen LogP contribution in [0.4, 0.5) is 5.69 Å². The number of pyridine rings is 1. The van der Waals surface area contributed by atoms with E-state index >= 15 is 0 Å². The van der Waals surface area contributed by atoms with Gasteiger partial charge in [0.1, 0.15) is 5.82 Å². The fraction of sp³-hybridized carbons (Fsp3) is 0. The molecule has 3 aromatic carbocycles. The summed E-state index contributed by atoms with van der Waals surface area (Å²) < 4.78 is 0. The largest absolute Gasteiger partial charge is 0.338 e. The van der Waals surface area contributed by atoms with Crippen LogP contribution in [0.2, 0.25) is 0 Å². The van der Waals surface area contributed by atoms with Crippen LogP contribution in [-0.4, -0.2) is 19.9 Å². The molecule has 0 radical (unpaired) electrons. The van der Waals surface area contributed by atoms with E-state index in [9.17, 15) is 14.9 Å². The number of benzene rings is 3. The number of H-pyrrole nitrogens is 2. The lowest BCUT2D eigenvalue weighted by Crippen LogP contribution is -2.09. The Morgan fingerprint density at radius 3 is 2.48 bits per heavy atom. The summed E-state index contributed by atoms with van der Waals surface area (Å²) in [6.07, 6.45) is 0. The van der Waals surface area contributed by atoms with Gasteiger partial charge in [-0.2, -0.15) is 0 Å². The Hall–Kier alpha value is -4.26. The fourth-order valence-electron chi connectivity index (χ4n) is 3.44. The first-order valence-electron chi connectivity index (χ1n) is 8.95. The number of nitro groups is 1. The molecule has 0 saturated carbocycles. The second kappa shape index (κ2) is 6.42. The molecule has 5 rings (SSSR count). The number of imidazole rings is 1. The smallest absolute Gasteiger partial charge is 0.270 e. The van der Waals surface area contributed by atoms with E-state index in [1.807, 2.05) is 42.5 Å². The average Bonchev–Trinajstić information content (AvgIpc) is 3.17. The number of aromatic nitrogens is 3. The van der Waals surface area contributed by atoms with Crippen molar-refractivity contribution in [1.29, 1.82) is 0 Å². The molecule has 5 aromatic rings. The summed E-state index contributed by atoms with van der Waals surface area (Å²) in [6.45, 7) is 0. The van der Waals surface area contributed by atoms with Gasteiger partial charge in [-0.05, 0) is 46.8 Å². The van der Waals surface area contributed by atoms with Gasteiger partial charge < -0.3 is 9.97 Å². The van der Waals surface area contributed by atoms with Crippen molar-refractivity contribution in [2.24, 2.45) is 0 Å². The van der Waals surface area contributed by atoms with Crippen molar-refractivity contribution in [1.82, 2.24) is 15.0 Å². The zero-order valence-corrected chi connectivity index (χ0v) is 15.0. The number of fused-ring (bicyclic) bond motifs is 2. The topological polar surface area (TPSA) is 105 Å². The number of non-ortho nitro benzene ring substituents is 1. The Kier molecular flexibility index (Phi) is 3.74. The van der Waals surface area contributed by atoms with E-state index in [4.69, 9.17) is 0 Å². The van der Waals surface area contributed by atoms with E-state index in [1.165, 1.54) is 12.1 Å². The second-order valence-electron chi connectivity index (χ2n) is 6.72. The van der Waals surface area contributed by atoms with Gasteiger partial charge >= 0.3 is 0 Å². The molecule has 7 heteroatoms. The SMILES string of the molecule is O=c1[nH]c2ccc(-c3cccc([N+](=O)[O-])c3)cc2cc1-c1nc2ccccc2[nH]1. The molecule has 2 N–H and O–H groups in total. The van der Waals surface area contributed by atoms with Crippen LogP contribution in [-0.2, 0) is 0 Å². The van der Waals surface area contributed by atoms with Gasteiger partial charge in [-0.25, -0.2) is 4.98 Å². The Labute approximate surface area is 163 Å². The molecule has 0 aliphatic heterocycles. The molecule has 0 unspecified atom stereocenters. The predicted octanol–water partition coefficient (Wildman–Crippen LogP) is 4.65. The predicted molar refractivity (Wildman–Crippen MR) is 112 cm³/mol. The summed E-state index contributed by atoms with van der Waals surface area (Å²) in [4.78, 5) is 33.8. The van der Waals surface area contributed by atoms with Gasteiger partial charge in [-0.3, -0.25) is 14.9 Å². The second-order valence-corrected chi connectivity index (χ2v) is 6.72. The monoisotopic (exact) mass is 382 g/mol. The normalized spacial score (nSPS) is 11.2. The molecule has 0 saturated heterocycles. The number of aromatic amines is 2.